The summed E-state index contributed by atoms with van der Waals surface area (Å²) in [6.45, 7) is 14.0. The fraction of sp³-hybridized carbons (Fsp3) is 0.800. The van der Waals surface area contributed by atoms with Gasteiger partial charge in [0.2, 0.25) is 8.32 Å². The maximum Gasteiger partial charge on any atom is 0.241 e. The first-order valence-corrected chi connectivity index (χ1v) is 12.0. The summed E-state index contributed by atoms with van der Waals surface area (Å²) in [6.07, 6.45) is 4.84. The molecule has 0 rings (SSSR count). The molecule has 4 heteroatoms. The van der Waals surface area contributed by atoms with Crippen molar-refractivity contribution in [2.45, 2.75) is 45.7 Å². The lowest BCUT2D eigenvalue weighted by atomic mass is 10.5. The van der Waals surface area contributed by atoms with Crippen molar-refractivity contribution in [1.82, 2.24) is 0 Å². The summed E-state index contributed by atoms with van der Waals surface area (Å²) in [7, 11) is -2.69. The van der Waals surface area contributed by atoms with E-state index in [1.165, 1.54) is 0 Å². The molecule has 0 radical (unpaired) electrons. The van der Waals surface area contributed by atoms with Crippen LogP contribution in [0.3, 0.4) is 0 Å². The first-order chi connectivity index (χ1) is 6.21. The molecule has 0 bridgehead atoms. The van der Waals surface area contributed by atoms with Crippen LogP contribution in [-0.4, -0.2) is 23.2 Å². The van der Waals surface area contributed by atoms with Crippen molar-refractivity contribution in [3.05, 3.63) is 12.3 Å². The van der Waals surface area contributed by atoms with E-state index < -0.39 is 16.6 Å². The lowest BCUT2D eigenvalue weighted by molar-refractivity contribution is 0.317. The summed E-state index contributed by atoms with van der Waals surface area (Å²) in [5.41, 5.74) is 0. The van der Waals surface area contributed by atoms with Gasteiger partial charge in [0.1, 0.15) is 0 Å². The van der Waals surface area contributed by atoms with E-state index in [4.69, 9.17) is 8.85 Å². The van der Waals surface area contributed by atoms with Gasteiger partial charge in [-0.2, -0.15) is 0 Å². The minimum Gasteiger partial charge on any atom is -0.550 e. The molecule has 0 amide bonds. The Morgan fingerprint density at radius 1 is 0.929 bits per heavy atom. The third-order valence-corrected chi connectivity index (χ3v) is 3.25. The van der Waals surface area contributed by atoms with Crippen molar-refractivity contribution in [2.75, 3.05) is 6.61 Å². The molecule has 0 aliphatic heterocycles. The predicted octanol–water partition coefficient (Wildman–Crippen LogP) is 3.59. The molecular formula is C10H24O2Si2. The predicted molar refractivity (Wildman–Crippen MR) is 67.5 cm³/mol. The standard InChI is InChI=1S/C10H24O2Si2/c1-13(2,3)11-9-7-8-10-12-14(4,5)6/h7,9H,8,10H2,1-6H3/b9-7-. The van der Waals surface area contributed by atoms with E-state index in [2.05, 4.69) is 45.4 Å². The molecule has 0 heterocycles. The molecular weight excluding hydrogens is 208 g/mol. The summed E-state index contributed by atoms with van der Waals surface area (Å²) in [5, 5.41) is 0. The molecule has 0 saturated carbocycles. The van der Waals surface area contributed by atoms with Crippen LogP contribution in [0, 0.1) is 0 Å². The highest BCUT2D eigenvalue weighted by Crippen LogP contribution is 2.05. The van der Waals surface area contributed by atoms with E-state index in [0.717, 1.165) is 13.0 Å². The smallest absolute Gasteiger partial charge is 0.241 e. The number of hydrogen-bond acceptors (Lipinski definition) is 2. The molecule has 0 N–H and O–H groups in total. The molecule has 0 aliphatic rings. The van der Waals surface area contributed by atoms with Gasteiger partial charge in [0.25, 0.3) is 0 Å². The quantitative estimate of drug-likeness (QED) is 0.396. The monoisotopic (exact) mass is 232 g/mol. The van der Waals surface area contributed by atoms with Crippen molar-refractivity contribution in [3.8, 4) is 0 Å². The Labute approximate surface area is 90.6 Å². The van der Waals surface area contributed by atoms with Crippen LogP contribution in [-0.2, 0) is 8.85 Å². The van der Waals surface area contributed by atoms with Crippen LogP contribution in [0.1, 0.15) is 6.42 Å². The average Bonchev–Trinajstić information content (AvgIpc) is 1.92. The molecule has 14 heavy (non-hydrogen) atoms. The topological polar surface area (TPSA) is 18.5 Å². The second kappa shape index (κ2) is 5.73. The Kier molecular flexibility index (Phi) is 5.70. The van der Waals surface area contributed by atoms with Crippen LogP contribution >= 0.6 is 0 Å². The van der Waals surface area contributed by atoms with Crippen LogP contribution in [0.25, 0.3) is 0 Å². The second-order valence-corrected chi connectivity index (χ2v) is 14.3. The van der Waals surface area contributed by atoms with E-state index in [1.54, 1.807) is 0 Å². The zero-order valence-corrected chi connectivity index (χ0v) is 12.4. The lowest BCUT2D eigenvalue weighted by Crippen LogP contribution is -2.25. The molecule has 0 aliphatic carbocycles. The molecule has 0 aromatic carbocycles. The maximum atomic E-state index is 5.70. The summed E-state index contributed by atoms with van der Waals surface area (Å²) < 4.78 is 11.3. The second-order valence-electron chi connectivity index (χ2n) is 5.35. The highest BCUT2D eigenvalue weighted by atomic mass is 28.4. The molecule has 0 unspecified atom stereocenters. The third kappa shape index (κ3) is 11.9. The first kappa shape index (κ1) is 13.9. The molecule has 0 spiro atoms. The minimum atomic E-state index is -1.37. The zero-order valence-electron chi connectivity index (χ0n) is 10.4. The Morgan fingerprint density at radius 3 is 1.93 bits per heavy atom. The fourth-order valence-electron chi connectivity index (χ4n) is 0.753. The van der Waals surface area contributed by atoms with Crippen molar-refractivity contribution < 1.29 is 8.85 Å². The van der Waals surface area contributed by atoms with Crippen molar-refractivity contribution in [3.63, 3.8) is 0 Å². The Balaban J connectivity index is 3.46. The molecule has 0 aromatic heterocycles. The lowest BCUT2D eigenvalue weighted by Gasteiger charge is -2.16. The molecule has 0 fully saturated rings. The highest BCUT2D eigenvalue weighted by molar-refractivity contribution is 6.70. The zero-order chi connectivity index (χ0) is 11.2. The van der Waals surface area contributed by atoms with Gasteiger partial charge in [-0.15, -0.1) is 0 Å². The van der Waals surface area contributed by atoms with E-state index in [0.29, 0.717) is 0 Å². The van der Waals surface area contributed by atoms with Gasteiger partial charge in [-0.05, 0) is 51.8 Å². The Hall–Kier alpha value is -0.0662. The third-order valence-electron chi connectivity index (χ3n) is 1.34. The van der Waals surface area contributed by atoms with E-state index >= 15 is 0 Å². The SMILES string of the molecule is C[Si](C)(C)O/C=C\CCO[Si](C)(C)C. The van der Waals surface area contributed by atoms with Gasteiger partial charge in [-0.3, -0.25) is 0 Å². The number of hydrogen-bond donors (Lipinski definition) is 0. The van der Waals surface area contributed by atoms with Crippen LogP contribution in [0.4, 0.5) is 0 Å². The highest BCUT2D eigenvalue weighted by Gasteiger charge is 2.13. The van der Waals surface area contributed by atoms with Gasteiger partial charge in [0.15, 0.2) is 8.32 Å². The van der Waals surface area contributed by atoms with Gasteiger partial charge in [-0.25, -0.2) is 0 Å². The Bertz CT molecular complexity index is 178. The molecule has 0 saturated heterocycles. The normalized spacial score (nSPS) is 13.6. The van der Waals surface area contributed by atoms with Gasteiger partial charge in [0, 0.05) is 6.61 Å². The summed E-state index contributed by atoms with van der Waals surface area (Å²) in [6, 6.07) is 0. The van der Waals surface area contributed by atoms with Gasteiger partial charge >= 0.3 is 0 Å². The minimum absolute atomic E-state index is 0.821. The van der Waals surface area contributed by atoms with Crippen LogP contribution in [0.5, 0.6) is 0 Å². The van der Waals surface area contributed by atoms with E-state index in [1.807, 2.05) is 6.26 Å². The first-order valence-electron chi connectivity index (χ1n) is 5.17. The Morgan fingerprint density at radius 2 is 1.50 bits per heavy atom. The fourth-order valence-corrected chi connectivity index (χ4v) is 1.99. The molecule has 0 atom stereocenters. The van der Waals surface area contributed by atoms with Crippen LogP contribution in [0.2, 0.25) is 39.3 Å². The molecule has 2 nitrogen and oxygen atoms in total. The van der Waals surface area contributed by atoms with Gasteiger partial charge in [-0.1, -0.05) is 0 Å². The van der Waals surface area contributed by atoms with Gasteiger partial charge < -0.3 is 8.85 Å². The summed E-state index contributed by atoms with van der Waals surface area (Å²) in [5.74, 6) is 0. The van der Waals surface area contributed by atoms with E-state index in [-0.39, 0.29) is 0 Å². The summed E-state index contributed by atoms with van der Waals surface area (Å²) >= 11 is 0. The van der Waals surface area contributed by atoms with Crippen molar-refractivity contribution in [2.24, 2.45) is 0 Å². The summed E-state index contributed by atoms with van der Waals surface area (Å²) in [4.78, 5) is 0. The maximum absolute atomic E-state index is 5.70. The average molecular weight is 232 g/mol. The van der Waals surface area contributed by atoms with Crippen LogP contribution < -0.4 is 0 Å². The largest absolute Gasteiger partial charge is 0.550 e. The van der Waals surface area contributed by atoms with E-state index in [9.17, 15) is 0 Å². The van der Waals surface area contributed by atoms with Gasteiger partial charge in [0.05, 0.1) is 6.26 Å². The molecule has 0 aromatic rings. The van der Waals surface area contributed by atoms with Crippen molar-refractivity contribution >= 4 is 16.6 Å². The number of rotatable bonds is 6. The molecule has 84 valence electrons. The van der Waals surface area contributed by atoms with Crippen LogP contribution in [0.15, 0.2) is 12.3 Å². The van der Waals surface area contributed by atoms with Crippen molar-refractivity contribution in [1.29, 1.82) is 0 Å².